The normalized spacial score (nSPS) is 11.9. The Labute approximate surface area is 273 Å². The van der Waals surface area contributed by atoms with Crippen molar-refractivity contribution in [3.8, 4) is 22.8 Å². The van der Waals surface area contributed by atoms with Crippen molar-refractivity contribution in [2.24, 2.45) is 10.1 Å². The first-order valence-electron chi connectivity index (χ1n) is 14.2. The van der Waals surface area contributed by atoms with Crippen LogP contribution in [0.5, 0.6) is 5.75 Å². The number of aryl methyl sites for hydroxylation is 2. The minimum Gasteiger partial charge on any atom is -0.465 e. The quantitative estimate of drug-likeness (QED) is 0.0747. The number of esters is 1. The Morgan fingerprint density at radius 3 is 2.28 bits per heavy atom. The van der Waals surface area contributed by atoms with E-state index in [2.05, 4.69) is 25.3 Å². The fourth-order valence-electron chi connectivity index (χ4n) is 4.38. The Bertz CT molecular complexity index is 1870. The molecule has 9 nitrogen and oxygen atoms in total. The molecule has 0 saturated heterocycles. The third-order valence-corrected chi connectivity index (χ3v) is 7.71. The monoisotopic (exact) mass is 658 g/mol. The molecule has 47 heavy (non-hydrogen) atoms. The molecule has 0 radical (unpaired) electrons. The zero-order valence-electron chi connectivity index (χ0n) is 25.5. The molecule has 0 fully saturated rings. The number of hydrogen-bond acceptors (Lipinski definition) is 8. The van der Waals surface area contributed by atoms with Crippen molar-refractivity contribution in [3.05, 3.63) is 125 Å². The van der Waals surface area contributed by atoms with E-state index in [-0.39, 0.29) is 11.7 Å². The van der Waals surface area contributed by atoms with E-state index in [0.29, 0.717) is 28.0 Å². The summed E-state index contributed by atoms with van der Waals surface area (Å²) < 4.78 is 47.5. The predicted molar refractivity (Wildman–Crippen MR) is 176 cm³/mol. The first-order valence-corrected chi connectivity index (χ1v) is 15.2. The molecular formula is C34H29F3N6O3S. The topological polar surface area (TPSA) is 103 Å². The van der Waals surface area contributed by atoms with Crippen molar-refractivity contribution in [1.29, 1.82) is 0 Å². The summed E-state index contributed by atoms with van der Waals surface area (Å²) in [7, 11) is 1.35. The van der Waals surface area contributed by atoms with Crippen molar-refractivity contribution in [2.45, 2.75) is 26.0 Å². The molecule has 0 bridgehead atoms. The van der Waals surface area contributed by atoms with Crippen LogP contribution in [0.4, 0.5) is 18.9 Å². The summed E-state index contributed by atoms with van der Waals surface area (Å²) in [5.41, 5.74) is 9.59. The lowest BCUT2D eigenvalue weighted by atomic mass is 10.1. The Morgan fingerprint density at radius 2 is 1.64 bits per heavy atom. The summed E-state index contributed by atoms with van der Waals surface area (Å²) in [4.78, 5) is 21.0. The lowest BCUT2D eigenvalue weighted by Gasteiger charge is -2.09. The number of hydrazone groups is 1. The average molecular weight is 659 g/mol. The summed E-state index contributed by atoms with van der Waals surface area (Å²) in [6, 6.07) is 26.0. The van der Waals surface area contributed by atoms with Crippen LogP contribution in [0.3, 0.4) is 0 Å². The van der Waals surface area contributed by atoms with Crippen LogP contribution in [0.15, 0.2) is 107 Å². The number of aromatic nitrogens is 3. The zero-order chi connectivity index (χ0) is 33.4. The molecule has 0 atom stereocenters. The Balaban J connectivity index is 1.26. The van der Waals surface area contributed by atoms with Gasteiger partial charge in [0.25, 0.3) is 0 Å². The van der Waals surface area contributed by atoms with Crippen molar-refractivity contribution >= 4 is 34.8 Å². The van der Waals surface area contributed by atoms with Crippen LogP contribution in [-0.4, -0.2) is 45.6 Å². The van der Waals surface area contributed by atoms with Gasteiger partial charge >= 0.3 is 12.3 Å². The molecule has 0 aliphatic rings. The van der Waals surface area contributed by atoms with Gasteiger partial charge in [0.2, 0.25) is 0 Å². The lowest BCUT2D eigenvalue weighted by molar-refractivity contribution is -0.274. The second-order valence-electron chi connectivity index (χ2n) is 10.2. The first kappa shape index (κ1) is 32.9. The van der Waals surface area contributed by atoms with E-state index < -0.39 is 6.36 Å². The van der Waals surface area contributed by atoms with Crippen molar-refractivity contribution in [3.63, 3.8) is 0 Å². The molecule has 5 aromatic rings. The molecule has 0 aliphatic carbocycles. The number of carbonyl (C=O) groups excluding carboxylic acids is 1. The molecule has 0 amide bonds. The minimum atomic E-state index is -4.76. The Hall–Kier alpha value is -5.43. The van der Waals surface area contributed by atoms with Crippen LogP contribution < -0.4 is 10.2 Å². The van der Waals surface area contributed by atoms with Crippen LogP contribution >= 0.6 is 11.8 Å². The van der Waals surface area contributed by atoms with Crippen LogP contribution in [0.25, 0.3) is 17.1 Å². The number of alkyl halides is 3. The number of rotatable bonds is 9. The van der Waals surface area contributed by atoms with Gasteiger partial charge in [0, 0.05) is 11.3 Å². The van der Waals surface area contributed by atoms with Crippen LogP contribution in [0.1, 0.15) is 32.6 Å². The van der Waals surface area contributed by atoms with Gasteiger partial charge in [-0.1, -0.05) is 66.4 Å². The largest absolute Gasteiger partial charge is 0.573 e. The van der Waals surface area contributed by atoms with Gasteiger partial charge in [0.1, 0.15) is 12.1 Å². The van der Waals surface area contributed by atoms with Crippen LogP contribution in [0, 0.1) is 13.8 Å². The highest BCUT2D eigenvalue weighted by atomic mass is 32.2. The van der Waals surface area contributed by atoms with Gasteiger partial charge in [-0.3, -0.25) is 5.43 Å². The Morgan fingerprint density at radius 1 is 0.957 bits per heavy atom. The van der Waals surface area contributed by atoms with Crippen molar-refractivity contribution in [1.82, 2.24) is 20.2 Å². The van der Waals surface area contributed by atoms with Crippen LogP contribution in [0.2, 0.25) is 0 Å². The molecule has 4 aromatic carbocycles. The summed E-state index contributed by atoms with van der Waals surface area (Å²) in [6.07, 6.45) is -1.60. The van der Waals surface area contributed by atoms with E-state index in [1.165, 1.54) is 54.1 Å². The number of nitrogens with one attached hydrogen (secondary N) is 1. The van der Waals surface area contributed by atoms with Gasteiger partial charge in [-0.2, -0.15) is 5.10 Å². The number of carbonyl (C=O) groups is 1. The third-order valence-electron chi connectivity index (χ3n) is 6.77. The Kier molecular flexibility index (Phi) is 10.4. The molecular weight excluding hydrogens is 629 g/mol. The minimum absolute atomic E-state index is 0.317. The first-order chi connectivity index (χ1) is 22.6. The number of ether oxygens (including phenoxy) is 2. The van der Waals surface area contributed by atoms with Gasteiger partial charge in [-0.25, -0.2) is 19.5 Å². The van der Waals surface area contributed by atoms with Gasteiger partial charge in [0.05, 0.1) is 30.3 Å². The van der Waals surface area contributed by atoms with Gasteiger partial charge < -0.3 is 9.47 Å². The molecule has 5 rings (SSSR count). The number of hydrogen-bond donors (Lipinski definition) is 1. The highest BCUT2D eigenvalue weighted by Gasteiger charge is 2.31. The third kappa shape index (κ3) is 9.07. The molecule has 1 N–H and O–H groups in total. The summed E-state index contributed by atoms with van der Waals surface area (Å²) in [6.45, 7) is 4.01. The number of para-hydroxylation sites is 1. The standard InChI is InChI=1S/C34H29F3N6O3S/c1-22-5-4-6-23(2)30(22)40-33(47-20-25-9-13-27(14-10-25)32(44)45-3)41-39-19-24-7-11-26(12-8-24)31-38-21-43(42-31)28-15-17-29(18-16-28)46-34(35,36)37/h4-19,21H,20H2,1-3H3,(H,40,41)/b39-19+. The number of halogens is 3. The number of thioether (sulfide) groups is 1. The lowest BCUT2D eigenvalue weighted by Crippen LogP contribution is -2.17. The highest BCUT2D eigenvalue weighted by Crippen LogP contribution is 2.26. The fraction of sp³-hybridized carbons (Fsp3) is 0.147. The maximum Gasteiger partial charge on any atom is 0.573 e. The number of methoxy groups -OCH3 is 1. The second-order valence-corrected chi connectivity index (χ2v) is 11.1. The number of aliphatic imine (C=N–C) groups is 1. The zero-order valence-corrected chi connectivity index (χ0v) is 26.3. The maximum atomic E-state index is 12.4. The van der Waals surface area contributed by atoms with E-state index in [4.69, 9.17) is 9.73 Å². The van der Waals surface area contributed by atoms with E-state index >= 15 is 0 Å². The molecule has 0 saturated carbocycles. The predicted octanol–water partition coefficient (Wildman–Crippen LogP) is 7.78. The fourth-order valence-corrected chi connectivity index (χ4v) is 5.15. The van der Waals surface area contributed by atoms with Crippen LogP contribution in [-0.2, 0) is 10.5 Å². The maximum absolute atomic E-state index is 12.4. The van der Waals surface area contributed by atoms with Crippen molar-refractivity contribution in [2.75, 3.05) is 7.11 Å². The van der Waals surface area contributed by atoms with E-state index in [1.54, 1.807) is 18.3 Å². The smallest absolute Gasteiger partial charge is 0.465 e. The van der Waals surface area contributed by atoms with Gasteiger partial charge in [-0.05, 0) is 72.5 Å². The summed E-state index contributed by atoms with van der Waals surface area (Å²) >= 11 is 1.48. The molecule has 13 heteroatoms. The average Bonchev–Trinajstić information content (AvgIpc) is 3.55. The highest BCUT2D eigenvalue weighted by molar-refractivity contribution is 8.13. The molecule has 240 valence electrons. The van der Waals surface area contributed by atoms with E-state index in [9.17, 15) is 18.0 Å². The number of benzene rings is 4. The van der Waals surface area contributed by atoms with E-state index in [1.807, 2.05) is 68.4 Å². The summed E-state index contributed by atoms with van der Waals surface area (Å²) in [5, 5.41) is 9.47. The molecule has 1 aromatic heterocycles. The summed E-state index contributed by atoms with van der Waals surface area (Å²) in [5.74, 6) is 0.334. The van der Waals surface area contributed by atoms with Crippen molar-refractivity contribution < 1.29 is 27.4 Å². The van der Waals surface area contributed by atoms with Gasteiger partial charge in [0.15, 0.2) is 11.0 Å². The molecule has 0 unspecified atom stereocenters. The van der Waals surface area contributed by atoms with E-state index in [0.717, 1.165) is 33.5 Å². The second kappa shape index (κ2) is 14.8. The SMILES string of the molecule is COC(=O)c1ccc(CS/C(=N\c2c(C)cccc2C)N/N=C/c2ccc(-c3ncn(-c4ccc(OC(F)(F)F)cc4)n3)cc2)cc1. The number of amidine groups is 1. The molecule has 1 heterocycles. The number of nitrogens with zero attached hydrogens (tertiary/aromatic N) is 5. The molecule has 0 aliphatic heterocycles. The molecule has 0 spiro atoms. The van der Waals surface area contributed by atoms with Gasteiger partial charge in [-0.15, -0.1) is 18.3 Å².